The second-order valence-corrected chi connectivity index (χ2v) is 5.39. The van der Waals surface area contributed by atoms with Crippen molar-refractivity contribution in [2.45, 2.75) is 38.4 Å². The summed E-state index contributed by atoms with van der Waals surface area (Å²) in [5, 5.41) is 10.1. The Morgan fingerprint density at radius 1 is 1.55 bits per heavy atom. The maximum absolute atomic E-state index is 13.0. The molecule has 1 amide bonds. The van der Waals surface area contributed by atoms with Gasteiger partial charge in [-0.3, -0.25) is 4.79 Å². The Balaban J connectivity index is 1.88. The highest BCUT2D eigenvalue weighted by molar-refractivity contribution is 5.82. The number of halogens is 1. The van der Waals surface area contributed by atoms with E-state index in [2.05, 4.69) is 0 Å². The van der Waals surface area contributed by atoms with Crippen LogP contribution in [0.4, 0.5) is 4.39 Å². The molecule has 0 spiro atoms. The van der Waals surface area contributed by atoms with Crippen LogP contribution in [0.1, 0.15) is 26.7 Å². The fourth-order valence-corrected chi connectivity index (χ4v) is 2.50. The summed E-state index contributed by atoms with van der Waals surface area (Å²) in [6.07, 6.45) is 0.882. The molecule has 2 rings (SSSR count). The SMILES string of the molecule is CCCC1(O)CN(C(=O)C(C)Oc2cccc(F)c2)C1. The molecule has 1 aromatic carbocycles. The molecule has 0 aromatic heterocycles. The monoisotopic (exact) mass is 281 g/mol. The fourth-order valence-electron chi connectivity index (χ4n) is 2.50. The Labute approximate surface area is 118 Å². The van der Waals surface area contributed by atoms with Gasteiger partial charge in [-0.15, -0.1) is 0 Å². The molecule has 0 bridgehead atoms. The van der Waals surface area contributed by atoms with Crippen molar-refractivity contribution in [3.63, 3.8) is 0 Å². The molecule has 0 saturated carbocycles. The Kier molecular flexibility index (Phi) is 4.28. The van der Waals surface area contributed by atoms with Crippen molar-refractivity contribution in [2.75, 3.05) is 13.1 Å². The molecule has 20 heavy (non-hydrogen) atoms. The normalized spacial score (nSPS) is 18.3. The van der Waals surface area contributed by atoms with Gasteiger partial charge in [-0.05, 0) is 25.5 Å². The van der Waals surface area contributed by atoms with Gasteiger partial charge in [-0.1, -0.05) is 19.4 Å². The van der Waals surface area contributed by atoms with E-state index in [0.29, 0.717) is 25.3 Å². The van der Waals surface area contributed by atoms with Crippen LogP contribution >= 0.6 is 0 Å². The van der Waals surface area contributed by atoms with Crippen LogP contribution in [0.2, 0.25) is 0 Å². The van der Waals surface area contributed by atoms with Crippen LogP contribution in [0.25, 0.3) is 0 Å². The predicted molar refractivity (Wildman–Crippen MR) is 72.9 cm³/mol. The van der Waals surface area contributed by atoms with Crippen molar-refractivity contribution in [3.8, 4) is 5.75 Å². The summed E-state index contributed by atoms with van der Waals surface area (Å²) < 4.78 is 18.5. The fraction of sp³-hybridized carbons (Fsp3) is 0.533. The van der Waals surface area contributed by atoms with Gasteiger partial charge in [0.25, 0.3) is 5.91 Å². The molecular weight excluding hydrogens is 261 g/mol. The van der Waals surface area contributed by atoms with E-state index in [0.717, 1.165) is 6.42 Å². The molecule has 1 saturated heterocycles. The van der Waals surface area contributed by atoms with Gasteiger partial charge in [-0.25, -0.2) is 4.39 Å². The largest absolute Gasteiger partial charge is 0.481 e. The molecule has 1 fully saturated rings. The van der Waals surface area contributed by atoms with Gasteiger partial charge in [-0.2, -0.15) is 0 Å². The van der Waals surface area contributed by atoms with E-state index >= 15 is 0 Å². The van der Waals surface area contributed by atoms with Crippen molar-refractivity contribution in [1.29, 1.82) is 0 Å². The number of rotatable bonds is 5. The van der Waals surface area contributed by atoms with E-state index in [-0.39, 0.29) is 5.91 Å². The Bertz CT molecular complexity index is 486. The van der Waals surface area contributed by atoms with Crippen molar-refractivity contribution >= 4 is 5.91 Å². The molecule has 0 aliphatic carbocycles. The predicted octanol–water partition coefficient (Wildman–Crippen LogP) is 1.97. The van der Waals surface area contributed by atoms with Gasteiger partial charge in [0, 0.05) is 6.07 Å². The number of benzene rings is 1. The van der Waals surface area contributed by atoms with Crippen LogP contribution in [0.5, 0.6) is 5.75 Å². The molecule has 1 aliphatic heterocycles. The van der Waals surface area contributed by atoms with Crippen LogP contribution in [0.3, 0.4) is 0 Å². The maximum atomic E-state index is 13.0. The zero-order valence-electron chi connectivity index (χ0n) is 11.8. The smallest absolute Gasteiger partial charge is 0.263 e. The molecule has 4 nitrogen and oxygen atoms in total. The first-order valence-electron chi connectivity index (χ1n) is 6.87. The molecule has 1 aromatic rings. The summed E-state index contributed by atoms with van der Waals surface area (Å²) in [6.45, 7) is 4.32. The van der Waals surface area contributed by atoms with Crippen LogP contribution < -0.4 is 4.74 Å². The number of hydrogen-bond acceptors (Lipinski definition) is 3. The van der Waals surface area contributed by atoms with Crippen LogP contribution in [0.15, 0.2) is 24.3 Å². The molecule has 1 aliphatic rings. The Hall–Kier alpha value is -1.62. The lowest BCUT2D eigenvalue weighted by Gasteiger charge is -2.47. The first kappa shape index (κ1) is 14.8. The summed E-state index contributed by atoms with van der Waals surface area (Å²) in [7, 11) is 0. The Morgan fingerprint density at radius 3 is 2.85 bits per heavy atom. The molecule has 1 atom stereocenters. The Morgan fingerprint density at radius 2 is 2.25 bits per heavy atom. The summed E-state index contributed by atoms with van der Waals surface area (Å²) in [6, 6.07) is 5.70. The number of carbonyl (C=O) groups excluding carboxylic acids is 1. The zero-order chi connectivity index (χ0) is 14.8. The summed E-state index contributed by atoms with van der Waals surface area (Å²) in [5.74, 6) is -0.256. The summed E-state index contributed by atoms with van der Waals surface area (Å²) >= 11 is 0. The second-order valence-electron chi connectivity index (χ2n) is 5.39. The third kappa shape index (κ3) is 3.28. The number of likely N-dealkylation sites (tertiary alicyclic amines) is 1. The quantitative estimate of drug-likeness (QED) is 0.897. The minimum Gasteiger partial charge on any atom is -0.481 e. The standard InChI is InChI=1S/C15H20FNO3/c1-3-7-15(19)9-17(10-15)14(18)11(2)20-13-6-4-5-12(16)8-13/h4-6,8,11,19H,3,7,9-10H2,1-2H3. The molecule has 1 heterocycles. The van der Waals surface area contributed by atoms with E-state index in [1.165, 1.54) is 18.2 Å². The van der Waals surface area contributed by atoms with Crippen molar-refractivity contribution < 1.29 is 19.0 Å². The minimum atomic E-state index is -0.747. The minimum absolute atomic E-state index is 0.185. The lowest BCUT2D eigenvalue weighted by molar-refractivity contribution is -0.162. The summed E-state index contributed by atoms with van der Waals surface area (Å²) in [5.41, 5.74) is -0.747. The average Bonchev–Trinajstić information content (AvgIpc) is 2.35. The lowest BCUT2D eigenvalue weighted by Crippen LogP contribution is -2.65. The van der Waals surface area contributed by atoms with Crippen LogP contribution in [-0.2, 0) is 4.79 Å². The van der Waals surface area contributed by atoms with E-state index in [9.17, 15) is 14.3 Å². The van der Waals surface area contributed by atoms with Gasteiger partial charge >= 0.3 is 0 Å². The molecule has 5 heteroatoms. The van der Waals surface area contributed by atoms with E-state index < -0.39 is 17.5 Å². The third-order valence-corrected chi connectivity index (χ3v) is 3.45. The topological polar surface area (TPSA) is 49.8 Å². The first-order chi connectivity index (χ1) is 9.43. The number of aliphatic hydroxyl groups is 1. The number of amides is 1. The molecule has 0 radical (unpaired) electrons. The molecular formula is C15H20FNO3. The van der Waals surface area contributed by atoms with E-state index in [1.54, 1.807) is 17.9 Å². The van der Waals surface area contributed by atoms with Gasteiger partial charge in [0.15, 0.2) is 6.10 Å². The second kappa shape index (κ2) is 5.79. The van der Waals surface area contributed by atoms with Gasteiger partial charge in [0.1, 0.15) is 11.6 Å². The number of nitrogens with zero attached hydrogens (tertiary/aromatic N) is 1. The van der Waals surface area contributed by atoms with Crippen molar-refractivity contribution in [1.82, 2.24) is 4.90 Å². The summed E-state index contributed by atoms with van der Waals surface area (Å²) in [4.78, 5) is 13.7. The molecule has 110 valence electrons. The van der Waals surface area contributed by atoms with Crippen molar-refractivity contribution in [3.05, 3.63) is 30.1 Å². The highest BCUT2D eigenvalue weighted by Crippen LogP contribution is 2.27. The molecule has 1 unspecified atom stereocenters. The van der Waals surface area contributed by atoms with Crippen molar-refractivity contribution in [2.24, 2.45) is 0 Å². The van der Waals surface area contributed by atoms with Gasteiger partial charge in [0.05, 0.1) is 18.7 Å². The zero-order valence-corrected chi connectivity index (χ0v) is 11.8. The number of ether oxygens (including phenoxy) is 1. The number of carbonyl (C=O) groups is 1. The van der Waals surface area contributed by atoms with E-state index in [4.69, 9.17) is 4.74 Å². The maximum Gasteiger partial charge on any atom is 0.263 e. The third-order valence-electron chi connectivity index (χ3n) is 3.45. The van der Waals surface area contributed by atoms with Crippen LogP contribution in [-0.4, -0.2) is 40.7 Å². The lowest BCUT2D eigenvalue weighted by atomic mass is 9.89. The number of β-amino-alcohol motifs (C(OH)–C–C–N with tert-alkyl or cyclic N) is 1. The number of hydrogen-bond donors (Lipinski definition) is 1. The van der Waals surface area contributed by atoms with Gasteiger partial charge < -0.3 is 14.7 Å². The molecule has 1 N–H and O–H groups in total. The van der Waals surface area contributed by atoms with E-state index in [1.807, 2.05) is 6.92 Å². The highest BCUT2D eigenvalue weighted by Gasteiger charge is 2.44. The van der Waals surface area contributed by atoms with Crippen LogP contribution in [0, 0.1) is 5.82 Å². The average molecular weight is 281 g/mol. The van der Waals surface area contributed by atoms with Gasteiger partial charge in [0.2, 0.25) is 0 Å². The first-order valence-corrected chi connectivity index (χ1v) is 6.87. The highest BCUT2D eigenvalue weighted by atomic mass is 19.1.